The molecule has 1 rings (SSSR count). The van der Waals surface area contributed by atoms with Crippen LogP contribution in [0.4, 0.5) is 10.6 Å². The first-order valence-electron chi connectivity index (χ1n) is 5.19. The SMILES string of the molecule is CCOC(=O)CCNC(=O)Nc1cnccn1. The van der Waals surface area contributed by atoms with Crippen LogP contribution in [0, 0.1) is 0 Å². The van der Waals surface area contributed by atoms with Crippen LogP contribution in [-0.2, 0) is 9.53 Å². The van der Waals surface area contributed by atoms with Gasteiger partial charge in [0.25, 0.3) is 0 Å². The molecule has 0 saturated carbocycles. The highest BCUT2D eigenvalue weighted by Gasteiger charge is 2.04. The van der Waals surface area contributed by atoms with Crippen molar-refractivity contribution in [3.05, 3.63) is 18.6 Å². The Morgan fingerprint density at radius 3 is 2.88 bits per heavy atom. The lowest BCUT2D eigenvalue weighted by molar-refractivity contribution is -0.142. The molecule has 0 aromatic carbocycles. The van der Waals surface area contributed by atoms with Crippen LogP contribution >= 0.6 is 0 Å². The molecule has 0 spiro atoms. The zero-order valence-corrected chi connectivity index (χ0v) is 9.47. The molecule has 0 bridgehead atoms. The Bertz CT molecular complexity index is 369. The Kier molecular flexibility index (Phi) is 5.42. The third kappa shape index (κ3) is 5.45. The Hall–Kier alpha value is -2.18. The van der Waals surface area contributed by atoms with E-state index in [0.717, 1.165) is 0 Å². The van der Waals surface area contributed by atoms with Crippen molar-refractivity contribution in [2.75, 3.05) is 18.5 Å². The fourth-order valence-electron chi connectivity index (χ4n) is 1.04. The normalized spacial score (nSPS) is 9.47. The first-order chi connectivity index (χ1) is 8.22. The number of hydrogen-bond donors (Lipinski definition) is 2. The summed E-state index contributed by atoms with van der Waals surface area (Å²) < 4.78 is 4.71. The lowest BCUT2D eigenvalue weighted by atomic mass is 10.4. The van der Waals surface area contributed by atoms with E-state index in [1.165, 1.54) is 18.6 Å². The van der Waals surface area contributed by atoms with Gasteiger partial charge in [0.1, 0.15) is 0 Å². The van der Waals surface area contributed by atoms with Crippen molar-refractivity contribution in [1.82, 2.24) is 15.3 Å². The second-order valence-electron chi connectivity index (χ2n) is 3.03. The topological polar surface area (TPSA) is 93.2 Å². The van der Waals surface area contributed by atoms with Gasteiger partial charge in [-0.15, -0.1) is 0 Å². The number of anilines is 1. The highest BCUT2D eigenvalue weighted by molar-refractivity contribution is 5.88. The van der Waals surface area contributed by atoms with Crippen LogP contribution in [-0.4, -0.2) is 35.1 Å². The maximum absolute atomic E-state index is 11.3. The number of esters is 1. The van der Waals surface area contributed by atoms with E-state index in [1.807, 2.05) is 0 Å². The van der Waals surface area contributed by atoms with Gasteiger partial charge >= 0.3 is 12.0 Å². The summed E-state index contributed by atoms with van der Waals surface area (Å²) in [7, 11) is 0. The summed E-state index contributed by atoms with van der Waals surface area (Å²) in [4.78, 5) is 29.9. The van der Waals surface area contributed by atoms with Gasteiger partial charge in [-0.1, -0.05) is 0 Å². The summed E-state index contributed by atoms with van der Waals surface area (Å²) in [6, 6.07) is -0.435. The maximum Gasteiger partial charge on any atom is 0.320 e. The van der Waals surface area contributed by atoms with Crippen LogP contribution in [0.3, 0.4) is 0 Å². The Morgan fingerprint density at radius 1 is 1.41 bits per heavy atom. The number of nitrogens with one attached hydrogen (secondary N) is 2. The summed E-state index contributed by atoms with van der Waals surface area (Å²) in [6.07, 6.45) is 4.53. The van der Waals surface area contributed by atoms with Crippen LogP contribution < -0.4 is 10.6 Å². The minimum atomic E-state index is -0.435. The number of urea groups is 1. The van der Waals surface area contributed by atoms with E-state index in [1.54, 1.807) is 6.92 Å². The Balaban J connectivity index is 2.20. The zero-order chi connectivity index (χ0) is 12.5. The fraction of sp³-hybridized carbons (Fsp3) is 0.400. The summed E-state index contributed by atoms with van der Waals surface area (Å²) >= 11 is 0. The van der Waals surface area contributed by atoms with Crippen LogP contribution in [0.5, 0.6) is 0 Å². The second kappa shape index (κ2) is 7.15. The number of nitrogens with zero attached hydrogens (tertiary/aromatic N) is 2. The molecule has 0 fully saturated rings. The summed E-state index contributed by atoms with van der Waals surface area (Å²) in [5.41, 5.74) is 0. The maximum atomic E-state index is 11.3. The minimum absolute atomic E-state index is 0.141. The van der Waals surface area contributed by atoms with Gasteiger partial charge in [0.2, 0.25) is 0 Å². The number of carbonyl (C=O) groups excluding carboxylic acids is 2. The summed E-state index contributed by atoms with van der Waals surface area (Å²) in [6.45, 7) is 2.28. The third-order valence-electron chi connectivity index (χ3n) is 1.72. The largest absolute Gasteiger partial charge is 0.466 e. The molecule has 17 heavy (non-hydrogen) atoms. The monoisotopic (exact) mass is 238 g/mol. The van der Waals surface area contributed by atoms with Gasteiger partial charge in [-0.3, -0.25) is 15.1 Å². The fourth-order valence-corrected chi connectivity index (χ4v) is 1.04. The predicted octanol–water partition coefficient (Wildman–Crippen LogP) is 0.551. The van der Waals surface area contributed by atoms with Crippen molar-refractivity contribution in [2.45, 2.75) is 13.3 Å². The molecule has 0 atom stereocenters. The lowest BCUT2D eigenvalue weighted by Crippen LogP contribution is -2.31. The van der Waals surface area contributed by atoms with Crippen LogP contribution in [0.1, 0.15) is 13.3 Å². The summed E-state index contributed by atoms with van der Waals surface area (Å²) in [5.74, 6) is 0.00781. The van der Waals surface area contributed by atoms with Crippen molar-refractivity contribution < 1.29 is 14.3 Å². The second-order valence-corrected chi connectivity index (χ2v) is 3.03. The number of aromatic nitrogens is 2. The van der Waals surface area contributed by atoms with E-state index in [-0.39, 0.29) is 18.9 Å². The van der Waals surface area contributed by atoms with Gasteiger partial charge in [-0.25, -0.2) is 9.78 Å². The number of ether oxygens (including phenoxy) is 1. The summed E-state index contributed by atoms with van der Waals surface area (Å²) in [5, 5.41) is 4.97. The van der Waals surface area contributed by atoms with E-state index >= 15 is 0 Å². The van der Waals surface area contributed by atoms with E-state index in [4.69, 9.17) is 4.74 Å². The average molecular weight is 238 g/mol. The smallest absolute Gasteiger partial charge is 0.320 e. The molecular weight excluding hydrogens is 224 g/mol. The molecule has 7 heteroatoms. The van der Waals surface area contributed by atoms with Crippen molar-refractivity contribution in [3.8, 4) is 0 Å². The molecule has 1 aromatic heterocycles. The van der Waals surface area contributed by atoms with Gasteiger partial charge in [0, 0.05) is 18.9 Å². The zero-order valence-electron chi connectivity index (χ0n) is 9.47. The predicted molar refractivity (Wildman–Crippen MR) is 60.3 cm³/mol. The molecule has 2 amide bonds. The molecule has 0 saturated heterocycles. The van der Waals surface area contributed by atoms with E-state index in [2.05, 4.69) is 20.6 Å². The molecule has 0 aliphatic heterocycles. The Labute approximate surface area is 98.6 Å². The highest BCUT2D eigenvalue weighted by Crippen LogP contribution is 1.95. The van der Waals surface area contributed by atoms with Crippen molar-refractivity contribution in [3.63, 3.8) is 0 Å². The first kappa shape index (κ1) is 12.9. The van der Waals surface area contributed by atoms with Gasteiger partial charge in [-0.2, -0.15) is 0 Å². The van der Waals surface area contributed by atoms with Crippen molar-refractivity contribution in [1.29, 1.82) is 0 Å². The minimum Gasteiger partial charge on any atom is -0.466 e. The van der Waals surface area contributed by atoms with E-state index in [9.17, 15) is 9.59 Å². The highest BCUT2D eigenvalue weighted by atomic mass is 16.5. The number of carbonyl (C=O) groups is 2. The standard InChI is InChI=1S/C10H14N4O3/c1-2-17-9(15)3-4-13-10(16)14-8-7-11-5-6-12-8/h5-7H,2-4H2,1H3,(H2,12,13,14,16). The quantitative estimate of drug-likeness (QED) is 0.731. The first-order valence-corrected chi connectivity index (χ1v) is 5.19. The average Bonchev–Trinajstić information content (AvgIpc) is 2.30. The number of rotatable bonds is 5. The van der Waals surface area contributed by atoms with Crippen molar-refractivity contribution in [2.24, 2.45) is 0 Å². The van der Waals surface area contributed by atoms with Crippen LogP contribution in [0.15, 0.2) is 18.6 Å². The van der Waals surface area contributed by atoms with Gasteiger partial charge in [0.15, 0.2) is 5.82 Å². The Morgan fingerprint density at radius 2 is 2.24 bits per heavy atom. The van der Waals surface area contributed by atoms with Crippen LogP contribution in [0.25, 0.3) is 0 Å². The van der Waals surface area contributed by atoms with Crippen LogP contribution in [0.2, 0.25) is 0 Å². The molecule has 1 aromatic rings. The van der Waals surface area contributed by atoms with E-state index < -0.39 is 6.03 Å². The molecular formula is C10H14N4O3. The number of hydrogen-bond acceptors (Lipinski definition) is 5. The molecule has 0 aliphatic carbocycles. The molecule has 2 N–H and O–H groups in total. The molecule has 0 aliphatic rings. The van der Waals surface area contributed by atoms with Gasteiger partial charge in [-0.05, 0) is 6.92 Å². The molecule has 1 heterocycles. The molecule has 7 nitrogen and oxygen atoms in total. The van der Waals surface area contributed by atoms with Gasteiger partial charge < -0.3 is 10.1 Å². The van der Waals surface area contributed by atoms with Crippen molar-refractivity contribution >= 4 is 17.8 Å². The molecule has 0 unspecified atom stereocenters. The number of amides is 2. The molecule has 92 valence electrons. The molecule has 0 radical (unpaired) electrons. The van der Waals surface area contributed by atoms with E-state index in [0.29, 0.717) is 12.4 Å². The van der Waals surface area contributed by atoms with Gasteiger partial charge in [0.05, 0.1) is 19.2 Å². The third-order valence-corrected chi connectivity index (χ3v) is 1.72. The lowest BCUT2D eigenvalue weighted by Gasteiger charge is -2.06.